The van der Waals surface area contributed by atoms with Crippen LogP contribution in [0, 0.1) is 6.92 Å². The number of aryl methyl sites for hydroxylation is 1. The quantitative estimate of drug-likeness (QED) is 0.645. The lowest BCUT2D eigenvalue weighted by atomic mass is 10.1. The van der Waals surface area contributed by atoms with Crippen LogP contribution in [0.25, 0.3) is 0 Å². The van der Waals surface area contributed by atoms with Gasteiger partial charge >= 0.3 is 12.6 Å². The molecule has 5 nitrogen and oxygen atoms in total. The summed E-state index contributed by atoms with van der Waals surface area (Å²) < 4.78 is 39.1. The second kappa shape index (κ2) is 7.63. The normalized spacial score (nSPS) is 10.5. The Kier molecular flexibility index (Phi) is 5.57. The molecule has 128 valence electrons. The van der Waals surface area contributed by atoms with Crippen LogP contribution >= 0.6 is 0 Å². The van der Waals surface area contributed by atoms with Crippen LogP contribution in [0.3, 0.4) is 0 Å². The van der Waals surface area contributed by atoms with Gasteiger partial charge in [0, 0.05) is 5.69 Å². The van der Waals surface area contributed by atoms with Crippen LogP contribution < -0.4 is 15.2 Å². The van der Waals surface area contributed by atoms with Gasteiger partial charge < -0.3 is 19.9 Å². The molecular weight excluding hydrogens is 320 g/mol. The number of nitrogens with two attached hydrogens (primary N) is 1. The Bertz CT molecular complexity index is 735. The Morgan fingerprint density at radius 2 is 1.96 bits per heavy atom. The van der Waals surface area contributed by atoms with Crippen LogP contribution in [0.15, 0.2) is 36.4 Å². The van der Waals surface area contributed by atoms with Crippen LogP contribution in [-0.4, -0.2) is 19.7 Å². The van der Waals surface area contributed by atoms with E-state index in [9.17, 15) is 13.6 Å². The van der Waals surface area contributed by atoms with E-state index in [1.165, 1.54) is 25.3 Å². The van der Waals surface area contributed by atoms with Gasteiger partial charge in [-0.3, -0.25) is 0 Å². The molecule has 0 atom stereocenters. The lowest BCUT2D eigenvalue weighted by Crippen LogP contribution is -2.09. The van der Waals surface area contributed by atoms with Gasteiger partial charge in [0.1, 0.15) is 6.61 Å². The molecule has 0 aliphatic heterocycles. The molecule has 0 saturated heterocycles. The SMILES string of the molecule is COc1cc(COC(=O)c2cccc(C)c2N)ccc1OC(F)F. The predicted octanol–water partition coefficient (Wildman–Crippen LogP) is 3.54. The molecule has 0 fully saturated rings. The van der Waals surface area contributed by atoms with Crippen LogP contribution in [0.1, 0.15) is 21.5 Å². The maximum atomic E-state index is 12.3. The molecule has 0 radical (unpaired) electrons. The number of rotatable bonds is 6. The highest BCUT2D eigenvalue weighted by Crippen LogP contribution is 2.29. The average Bonchev–Trinajstić information content (AvgIpc) is 2.55. The Morgan fingerprint density at radius 3 is 2.62 bits per heavy atom. The third-order valence-corrected chi connectivity index (χ3v) is 3.36. The predicted molar refractivity (Wildman–Crippen MR) is 84.3 cm³/mol. The summed E-state index contributed by atoms with van der Waals surface area (Å²) in [6.45, 7) is -1.22. The maximum absolute atomic E-state index is 12.3. The highest BCUT2D eigenvalue weighted by atomic mass is 19.3. The van der Waals surface area contributed by atoms with E-state index in [4.69, 9.17) is 15.2 Å². The minimum absolute atomic E-state index is 0.0580. The lowest BCUT2D eigenvalue weighted by Gasteiger charge is -2.12. The molecule has 0 spiro atoms. The molecule has 0 aliphatic rings. The zero-order valence-electron chi connectivity index (χ0n) is 13.2. The van der Waals surface area contributed by atoms with Crippen molar-refractivity contribution in [1.82, 2.24) is 0 Å². The Hall–Kier alpha value is -2.83. The monoisotopic (exact) mass is 337 g/mol. The van der Waals surface area contributed by atoms with Crippen molar-refractivity contribution in [1.29, 1.82) is 0 Å². The van der Waals surface area contributed by atoms with E-state index in [2.05, 4.69) is 4.74 Å². The molecule has 2 rings (SSSR count). The molecule has 0 saturated carbocycles. The fourth-order valence-corrected chi connectivity index (χ4v) is 2.08. The zero-order chi connectivity index (χ0) is 17.7. The number of carbonyl (C=O) groups excluding carboxylic acids is 1. The summed E-state index contributed by atoms with van der Waals surface area (Å²) in [5.41, 5.74) is 7.84. The molecule has 2 aromatic carbocycles. The van der Waals surface area contributed by atoms with Gasteiger partial charge in [-0.05, 0) is 36.2 Å². The second-order valence-corrected chi connectivity index (χ2v) is 4.98. The number of alkyl halides is 2. The van der Waals surface area contributed by atoms with Crippen LogP contribution in [0.5, 0.6) is 11.5 Å². The standard InChI is InChI=1S/C17H17F2NO4/c1-10-4-3-5-12(15(10)20)16(21)23-9-11-6-7-13(24-17(18)19)14(8-11)22-2/h3-8,17H,9,20H2,1-2H3. The van der Waals surface area contributed by atoms with Gasteiger partial charge in [-0.1, -0.05) is 18.2 Å². The van der Waals surface area contributed by atoms with Crippen LogP contribution in [-0.2, 0) is 11.3 Å². The first-order valence-corrected chi connectivity index (χ1v) is 7.06. The van der Waals surface area contributed by atoms with Crippen LogP contribution in [0.2, 0.25) is 0 Å². The van der Waals surface area contributed by atoms with Crippen molar-refractivity contribution in [2.75, 3.05) is 12.8 Å². The van der Waals surface area contributed by atoms with Crippen molar-refractivity contribution in [3.63, 3.8) is 0 Å². The first-order chi connectivity index (χ1) is 11.4. The number of halogens is 2. The summed E-state index contributed by atoms with van der Waals surface area (Å²) in [5.74, 6) is -0.535. The number of ether oxygens (including phenoxy) is 3. The molecule has 0 heterocycles. The number of methoxy groups -OCH3 is 1. The van der Waals surface area contributed by atoms with Gasteiger partial charge in [-0.15, -0.1) is 0 Å². The van der Waals surface area contributed by atoms with E-state index in [1.54, 1.807) is 25.1 Å². The lowest BCUT2D eigenvalue weighted by molar-refractivity contribution is -0.0512. The summed E-state index contributed by atoms with van der Waals surface area (Å²) in [6, 6.07) is 9.37. The largest absolute Gasteiger partial charge is 0.493 e. The molecule has 0 aromatic heterocycles. The van der Waals surface area contributed by atoms with E-state index in [1.807, 2.05) is 0 Å². The number of hydrogen-bond donors (Lipinski definition) is 1. The van der Waals surface area contributed by atoms with Gasteiger partial charge in [0.05, 0.1) is 12.7 Å². The summed E-state index contributed by atoms with van der Waals surface area (Å²) in [6.07, 6.45) is 0. The van der Waals surface area contributed by atoms with Crippen molar-refractivity contribution in [2.24, 2.45) is 0 Å². The fraction of sp³-hybridized carbons (Fsp3) is 0.235. The number of para-hydroxylation sites is 1. The zero-order valence-corrected chi connectivity index (χ0v) is 13.2. The molecular formula is C17H17F2NO4. The highest BCUT2D eigenvalue weighted by molar-refractivity contribution is 5.95. The number of nitrogen functional groups attached to an aromatic ring is 1. The Labute approximate surface area is 137 Å². The van der Waals surface area contributed by atoms with Crippen molar-refractivity contribution >= 4 is 11.7 Å². The molecule has 24 heavy (non-hydrogen) atoms. The molecule has 2 aromatic rings. The van der Waals surface area contributed by atoms with E-state index in [0.29, 0.717) is 11.3 Å². The number of esters is 1. The third kappa shape index (κ3) is 4.13. The maximum Gasteiger partial charge on any atom is 0.387 e. The van der Waals surface area contributed by atoms with Crippen molar-refractivity contribution in [3.05, 3.63) is 53.1 Å². The summed E-state index contributed by atoms with van der Waals surface area (Å²) in [4.78, 5) is 12.1. The third-order valence-electron chi connectivity index (χ3n) is 3.36. The molecule has 0 amide bonds. The smallest absolute Gasteiger partial charge is 0.387 e. The van der Waals surface area contributed by atoms with Gasteiger partial charge in [0.25, 0.3) is 0 Å². The molecule has 0 bridgehead atoms. The average molecular weight is 337 g/mol. The van der Waals surface area contributed by atoms with E-state index in [-0.39, 0.29) is 23.7 Å². The first-order valence-electron chi connectivity index (χ1n) is 7.06. The molecule has 7 heteroatoms. The van der Waals surface area contributed by atoms with Gasteiger partial charge in [0.15, 0.2) is 11.5 Å². The van der Waals surface area contributed by atoms with Gasteiger partial charge in [-0.2, -0.15) is 8.78 Å². The summed E-state index contributed by atoms with van der Waals surface area (Å²) >= 11 is 0. The number of hydrogen-bond acceptors (Lipinski definition) is 5. The van der Waals surface area contributed by atoms with E-state index < -0.39 is 12.6 Å². The molecule has 0 aliphatic carbocycles. The van der Waals surface area contributed by atoms with Gasteiger partial charge in [-0.25, -0.2) is 4.79 Å². The number of carbonyl (C=O) groups is 1. The van der Waals surface area contributed by atoms with E-state index in [0.717, 1.165) is 5.56 Å². The van der Waals surface area contributed by atoms with E-state index >= 15 is 0 Å². The fourth-order valence-electron chi connectivity index (χ4n) is 2.08. The first kappa shape index (κ1) is 17.5. The second-order valence-electron chi connectivity index (χ2n) is 4.98. The van der Waals surface area contributed by atoms with Crippen molar-refractivity contribution < 1.29 is 27.8 Å². The minimum Gasteiger partial charge on any atom is -0.493 e. The van der Waals surface area contributed by atoms with Crippen LogP contribution in [0.4, 0.5) is 14.5 Å². The topological polar surface area (TPSA) is 70.8 Å². The van der Waals surface area contributed by atoms with Gasteiger partial charge in [0.2, 0.25) is 0 Å². The highest BCUT2D eigenvalue weighted by Gasteiger charge is 2.14. The molecule has 2 N–H and O–H groups in total. The minimum atomic E-state index is -2.95. The Morgan fingerprint density at radius 1 is 1.21 bits per heavy atom. The summed E-state index contributed by atoms with van der Waals surface area (Å²) in [7, 11) is 1.33. The molecule has 0 unspecified atom stereocenters. The van der Waals surface area contributed by atoms with Crippen molar-refractivity contribution in [3.8, 4) is 11.5 Å². The Balaban J connectivity index is 2.09. The van der Waals surface area contributed by atoms with Crippen molar-refractivity contribution in [2.45, 2.75) is 20.1 Å². The number of benzene rings is 2. The summed E-state index contributed by atoms with van der Waals surface area (Å²) in [5, 5.41) is 0. The number of anilines is 1.